The van der Waals surface area contributed by atoms with Crippen LogP contribution >= 0.6 is 12.2 Å². The molecule has 0 radical (unpaired) electrons. The molecule has 0 aliphatic heterocycles. The molecule has 1 aromatic heterocycles. The smallest absolute Gasteiger partial charge is 0.195 e. The fourth-order valence-electron chi connectivity index (χ4n) is 2.56. The van der Waals surface area contributed by atoms with Crippen molar-refractivity contribution in [2.75, 3.05) is 0 Å². The Bertz CT molecular complexity index is 379. The van der Waals surface area contributed by atoms with Crippen molar-refractivity contribution in [3.05, 3.63) is 10.6 Å². The molecule has 1 N–H and O–H groups in total. The van der Waals surface area contributed by atoms with Crippen LogP contribution in [-0.4, -0.2) is 14.8 Å². The van der Waals surface area contributed by atoms with Gasteiger partial charge in [0.05, 0.1) is 0 Å². The van der Waals surface area contributed by atoms with E-state index >= 15 is 0 Å². The van der Waals surface area contributed by atoms with Crippen molar-refractivity contribution in [3.8, 4) is 0 Å². The van der Waals surface area contributed by atoms with Crippen molar-refractivity contribution < 1.29 is 0 Å². The summed E-state index contributed by atoms with van der Waals surface area (Å²) in [6.07, 6.45) is 5.01. The van der Waals surface area contributed by atoms with E-state index in [1.165, 1.54) is 19.3 Å². The van der Waals surface area contributed by atoms with E-state index < -0.39 is 0 Å². The van der Waals surface area contributed by atoms with Gasteiger partial charge in [0.25, 0.3) is 0 Å². The van der Waals surface area contributed by atoms with Crippen LogP contribution in [0.3, 0.4) is 0 Å². The number of nitrogens with zero attached hydrogens (tertiary/aromatic N) is 2. The van der Waals surface area contributed by atoms with Gasteiger partial charge in [0, 0.05) is 13.0 Å². The average Bonchev–Trinajstić information content (AvgIpc) is 2.76. The first-order valence-corrected chi connectivity index (χ1v) is 6.25. The Kier molecular flexibility index (Phi) is 3.24. The molecule has 0 bridgehead atoms. The molecule has 84 valence electrons. The van der Waals surface area contributed by atoms with Crippen molar-refractivity contribution >= 4 is 12.2 Å². The zero-order valence-corrected chi connectivity index (χ0v) is 10.3. The maximum Gasteiger partial charge on any atom is 0.195 e. The zero-order valence-electron chi connectivity index (χ0n) is 9.49. The van der Waals surface area contributed by atoms with E-state index in [-0.39, 0.29) is 0 Å². The van der Waals surface area contributed by atoms with E-state index in [0.717, 1.165) is 35.4 Å². The molecule has 4 heteroatoms. The van der Waals surface area contributed by atoms with Gasteiger partial charge in [-0.1, -0.05) is 20.3 Å². The van der Waals surface area contributed by atoms with Gasteiger partial charge in [0.1, 0.15) is 5.82 Å². The molecule has 15 heavy (non-hydrogen) atoms. The SMILES string of the molecule is CCc1n[nH]c(=S)n1CC1CCC(C)C1. The van der Waals surface area contributed by atoms with Crippen LogP contribution in [-0.2, 0) is 13.0 Å². The summed E-state index contributed by atoms with van der Waals surface area (Å²) >= 11 is 5.25. The van der Waals surface area contributed by atoms with Crippen molar-refractivity contribution in [1.82, 2.24) is 14.8 Å². The lowest BCUT2D eigenvalue weighted by atomic mass is 10.1. The minimum Gasteiger partial charge on any atom is -0.304 e. The predicted octanol–water partition coefficient (Wildman–Crippen LogP) is 2.94. The Morgan fingerprint density at radius 2 is 2.33 bits per heavy atom. The summed E-state index contributed by atoms with van der Waals surface area (Å²) in [5.74, 6) is 2.79. The minimum absolute atomic E-state index is 0.784. The van der Waals surface area contributed by atoms with Gasteiger partial charge >= 0.3 is 0 Å². The lowest BCUT2D eigenvalue weighted by Gasteiger charge is -2.11. The summed E-state index contributed by atoms with van der Waals surface area (Å²) in [5.41, 5.74) is 0. The summed E-state index contributed by atoms with van der Waals surface area (Å²) in [7, 11) is 0. The van der Waals surface area contributed by atoms with E-state index in [4.69, 9.17) is 12.2 Å². The average molecular weight is 225 g/mol. The summed E-state index contributed by atoms with van der Waals surface area (Å²) in [4.78, 5) is 0. The fraction of sp³-hybridized carbons (Fsp3) is 0.818. The Morgan fingerprint density at radius 1 is 1.53 bits per heavy atom. The van der Waals surface area contributed by atoms with E-state index in [0.29, 0.717) is 0 Å². The van der Waals surface area contributed by atoms with Crippen LogP contribution < -0.4 is 0 Å². The van der Waals surface area contributed by atoms with Gasteiger partial charge in [-0.15, -0.1) is 0 Å². The number of hydrogen-bond donors (Lipinski definition) is 1. The highest BCUT2D eigenvalue weighted by atomic mass is 32.1. The second-order valence-electron chi connectivity index (χ2n) is 4.69. The van der Waals surface area contributed by atoms with Crippen LogP contribution in [0.5, 0.6) is 0 Å². The monoisotopic (exact) mass is 225 g/mol. The number of aryl methyl sites for hydroxylation is 1. The summed E-state index contributed by atoms with van der Waals surface area (Å²) < 4.78 is 2.96. The van der Waals surface area contributed by atoms with Crippen molar-refractivity contribution in [2.24, 2.45) is 11.8 Å². The van der Waals surface area contributed by atoms with Crippen LogP contribution in [0.25, 0.3) is 0 Å². The molecule has 0 spiro atoms. The normalized spacial score (nSPS) is 26.0. The number of H-pyrrole nitrogens is 1. The molecule has 1 fully saturated rings. The first kappa shape index (κ1) is 10.9. The predicted molar refractivity (Wildman–Crippen MR) is 63.3 cm³/mol. The Labute approximate surface area is 95.9 Å². The van der Waals surface area contributed by atoms with Gasteiger partial charge in [-0.25, -0.2) is 0 Å². The number of aromatic nitrogens is 3. The third-order valence-electron chi connectivity index (χ3n) is 3.40. The number of aromatic amines is 1. The van der Waals surface area contributed by atoms with Crippen LogP contribution in [0, 0.1) is 16.6 Å². The molecular formula is C11H19N3S. The third-order valence-corrected chi connectivity index (χ3v) is 3.71. The van der Waals surface area contributed by atoms with E-state index in [1.54, 1.807) is 0 Å². The maximum atomic E-state index is 5.25. The largest absolute Gasteiger partial charge is 0.304 e. The standard InChI is InChI=1S/C11H19N3S/c1-3-10-12-13-11(15)14(10)7-9-5-4-8(2)6-9/h8-9H,3-7H2,1-2H3,(H,13,15). The molecule has 1 aromatic rings. The molecular weight excluding hydrogens is 206 g/mol. The highest BCUT2D eigenvalue weighted by Crippen LogP contribution is 2.31. The van der Waals surface area contributed by atoms with Crippen molar-refractivity contribution in [1.29, 1.82) is 0 Å². The number of nitrogens with one attached hydrogen (secondary N) is 1. The molecule has 1 saturated carbocycles. The molecule has 1 aliphatic rings. The molecule has 3 nitrogen and oxygen atoms in total. The first-order valence-electron chi connectivity index (χ1n) is 5.84. The summed E-state index contributed by atoms with van der Waals surface area (Å²) in [6.45, 7) is 5.52. The van der Waals surface area contributed by atoms with Gasteiger partial charge in [-0.05, 0) is 36.9 Å². The quantitative estimate of drug-likeness (QED) is 0.802. The second kappa shape index (κ2) is 4.47. The molecule has 0 aromatic carbocycles. The molecule has 1 aliphatic carbocycles. The van der Waals surface area contributed by atoms with Gasteiger partial charge < -0.3 is 4.57 Å². The molecule has 2 unspecified atom stereocenters. The maximum absolute atomic E-state index is 5.25. The van der Waals surface area contributed by atoms with Crippen LogP contribution in [0.2, 0.25) is 0 Å². The molecule has 0 saturated heterocycles. The number of rotatable bonds is 3. The van der Waals surface area contributed by atoms with Gasteiger partial charge in [-0.2, -0.15) is 5.10 Å². The Morgan fingerprint density at radius 3 is 2.93 bits per heavy atom. The van der Waals surface area contributed by atoms with Crippen LogP contribution in [0.15, 0.2) is 0 Å². The fourth-order valence-corrected chi connectivity index (χ4v) is 2.78. The summed E-state index contributed by atoms with van der Waals surface area (Å²) in [5, 5.41) is 7.13. The summed E-state index contributed by atoms with van der Waals surface area (Å²) in [6, 6.07) is 0. The lowest BCUT2D eigenvalue weighted by Crippen LogP contribution is -2.11. The topological polar surface area (TPSA) is 33.6 Å². The molecule has 0 amide bonds. The second-order valence-corrected chi connectivity index (χ2v) is 5.08. The highest BCUT2D eigenvalue weighted by Gasteiger charge is 2.22. The zero-order chi connectivity index (χ0) is 10.8. The van der Waals surface area contributed by atoms with Gasteiger partial charge in [-0.3, -0.25) is 5.10 Å². The van der Waals surface area contributed by atoms with E-state index in [9.17, 15) is 0 Å². The van der Waals surface area contributed by atoms with Gasteiger partial charge in [0.2, 0.25) is 0 Å². The highest BCUT2D eigenvalue weighted by molar-refractivity contribution is 7.71. The molecule has 2 rings (SSSR count). The Hall–Kier alpha value is -0.640. The van der Waals surface area contributed by atoms with Gasteiger partial charge in [0.15, 0.2) is 4.77 Å². The molecule has 2 atom stereocenters. The minimum atomic E-state index is 0.784. The first-order chi connectivity index (χ1) is 7.20. The van der Waals surface area contributed by atoms with Crippen molar-refractivity contribution in [2.45, 2.75) is 46.1 Å². The lowest BCUT2D eigenvalue weighted by molar-refractivity contribution is 0.430. The van der Waals surface area contributed by atoms with Crippen molar-refractivity contribution in [3.63, 3.8) is 0 Å². The number of hydrogen-bond acceptors (Lipinski definition) is 2. The Balaban J connectivity index is 2.10. The van der Waals surface area contributed by atoms with E-state index in [2.05, 4.69) is 28.6 Å². The third kappa shape index (κ3) is 2.30. The van der Waals surface area contributed by atoms with E-state index in [1.807, 2.05) is 0 Å². The van der Waals surface area contributed by atoms with Crippen LogP contribution in [0.1, 0.15) is 38.9 Å². The van der Waals surface area contributed by atoms with Crippen LogP contribution in [0.4, 0.5) is 0 Å². The molecule has 1 heterocycles.